The number of aryl methyl sites for hydroxylation is 1. The van der Waals surface area contributed by atoms with Crippen LogP contribution in [0.4, 0.5) is 0 Å². The molecule has 2 nitrogen and oxygen atoms in total. The lowest BCUT2D eigenvalue weighted by molar-refractivity contribution is 0.520. The Hall–Kier alpha value is -1.30. The summed E-state index contributed by atoms with van der Waals surface area (Å²) >= 11 is 0. The topological polar surface area (TPSA) is 38.0 Å². The van der Waals surface area contributed by atoms with E-state index in [0.29, 0.717) is 0 Å². The van der Waals surface area contributed by atoms with Crippen molar-refractivity contribution >= 4 is 0 Å². The van der Waals surface area contributed by atoms with Gasteiger partial charge in [0.05, 0.1) is 0 Å². The van der Waals surface area contributed by atoms with Gasteiger partial charge in [0, 0.05) is 12.5 Å². The molecule has 2 heteroatoms. The highest BCUT2D eigenvalue weighted by Crippen LogP contribution is 2.21. The Balaban J connectivity index is 2.86. The average molecular weight is 202 g/mol. The predicted octanol–water partition coefficient (Wildman–Crippen LogP) is 2.17. The Morgan fingerprint density at radius 3 is 2.80 bits per heavy atom. The van der Waals surface area contributed by atoms with Crippen molar-refractivity contribution in [2.75, 3.05) is 0 Å². The van der Waals surface area contributed by atoms with Crippen LogP contribution in [0.25, 0.3) is 0 Å². The number of hydrogen-bond donors (Lipinski definition) is 2. The fourth-order valence-electron chi connectivity index (χ4n) is 1.75. The smallest absolute Gasteiger partial charge is 0.0471 e. The molecular formula is C13H18N2. The van der Waals surface area contributed by atoms with Gasteiger partial charge < -0.3 is 0 Å². The van der Waals surface area contributed by atoms with Crippen LogP contribution in [0.2, 0.25) is 0 Å². The molecule has 1 unspecified atom stereocenters. The van der Waals surface area contributed by atoms with Gasteiger partial charge >= 0.3 is 0 Å². The number of nitrogens with one attached hydrogen (secondary N) is 1. The minimum absolute atomic E-state index is 0.164. The zero-order chi connectivity index (χ0) is 11.1. The average Bonchev–Trinajstić information content (AvgIpc) is 2.30. The summed E-state index contributed by atoms with van der Waals surface area (Å²) in [7, 11) is 0. The van der Waals surface area contributed by atoms with Gasteiger partial charge in [0.15, 0.2) is 0 Å². The van der Waals surface area contributed by atoms with Gasteiger partial charge in [-0.25, -0.2) is 0 Å². The number of rotatable bonds is 5. The van der Waals surface area contributed by atoms with Crippen molar-refractivity contribution in [1.29, 1.82) is 0 Å². The van der Waals surface area contributed by atoms with Crippen LogP contribution in [0.5, 0.6) is 0 Å². The lowest BCUT2D eigenvalue weighted by atomic mass is 9.96. The van der Waals surface area contributed by atoms with Crippen molar-refractivity contribution in [2.45, 2.75) is 32.2 Å². The summed E-state index contributed by atoms with van der Waals surface area (Å²) in [6.07, 6.45) is 7.90. The Morgan fingerprint density at radius 2 is 2.20 bits per heavy atom. The van der Waals surface area contributed by atoms with Crippen LogP contribution in [0, 0.1) is 12.3 Å². The maximum atomic E-state index is 5.55. The maximum Gasteiger partial charge on any atom is 0.0471 e. The number of hydrogen-bond acceptors (Lipinski definition) is 2. The first-order chi connectivity index (χ1) is 7.33. The molecule has 0 aliphatic rings. The van der Waals surface area contributed by atoms with E-state index >= 15 is 0 Å². The fourth-order valence-corrected chi connectivity index (χ4v) is 1.75. The Bertz CT molecular complexity index is 339. The molecule has 0 saturated carbocycles. The number of nitrogens with two attached hydrogens (primary N) is 1. The molecule has 0 spiro atoms. The van der Waals surface area contributed by atoms with Crippen molar-refractivity contribution in [1.82, 2.24) is 5.43 Å². The first-order valence-electron chi connectivity index (χ1n) is 5.30. The third-order valence-electron chi connectivity index (χ3n) is 2.59. The predicted molar refractivity (Wildman–Crippen MR) is 64.0 cm³/mol. The second kappa shape index (κ2) is 6.23. The van der Waals surface area contributed by atoms with Crippen molar-refractivity contribution in [3.05, 3.63) is 35.4 Å². The highest BCUT2D eigenvalue weighted by molar-refractivity contribution is 5.30. The minimum Gasteiger partial charge on any atom is -0.271 e. The first-order valence-corrected chi connectivity index (χ1v) is 5.30. The summed E-state index contributed by atoms with van der Waals surface area (Å²) in [6.45, 7) is 2.15. The highest BCUT2D eigenvalue weighted by atomic mass is 15.2. The summed E-state index contributed by atoms with van der Waals surface area (Å²) in [4.78, 5) is 0. The van der Waals surface area contributed by atoms with E-state index in [1.165, 1.54) is 11.1 Å². The molecule has 0 fully saturated rings. The van der Waals surface area contributed by atoms with Crippen molar-refractivity contribution in [2.24, 2.45) is 5.84 Å². The van der Waals surface area contributed by atoms with Crippen LogP contribution < -0.4 is 11.3 Å². The molecule has 1 aromatic rings. The van der Waals surface area contributed by atoms with Gasteiger partial charge in [0.1, 0.15) is 0 Å². The van der Waals surface area contributed by atoms with Gasteiger partial charge in [-0.1, -0.05) is 31.2 Å². The van der Waals surface area contributed by atoms with Gasteiger partial charge in [-0.15, -0.1) is 12.3 Å². The SMILES string of the molecule is C#CCCC(NN)c1ccccc1CC. The van der Waals surface area contributed by atoms with E-state index in [2.05, 4.69) is 36.5 Å². The van der Waals surface area contributed by atoms with Gasteiger partial charge in [-0.3, -0.25) is 11.3 Å². The zero-order valence-corrected chi connectivity index (χ0v) is 9.16. The largest absolute Gasteiger partial charge is 0.271 e. The van der Waals surface area contributed by atoms with Crippen molar-refractivity contribution < 1.29 is 0 Å². The monoisotopic (exact) mass is 202 g/mol. The van der Waals surface area contributed by atoms with Gasteiger partial charge in [0.25, 0.3) is 0 Å². The van der Waals surface area contributed by atoms with E-state index in [-0.39, 0.29) is 6.04 Å². The fraction of sp³-hybridized carbons (Fsp3) is 0.385. The summed E-state index contributed by atoms with van der Waals surface area (Å²) in [5.41, 5.74) is 5.43. The van der Waals surface area contributed by atoms with E-state index < -0.39 is 0 Å². The highest BCUT2D eigenvalue weighted by Gasteiger charge is 2.11. The minimum atomic E-state index is 0.164. The molecule has 0 amide bonds. The van der Waals surface area contributed by atoms with E-state index in [1.54, 1.807) is 0 Å². The van der Waals surface area contributed by atoms with Crippen LogP contribution in [0.15, 0.2) is 24.3 Å². The normalized spacial score (nSPS) is 12.1. The van der Waals surface area contributed by atoms with Crippen LogP contribution in [0.3, 0.4) is 0 Å². The lowest BCUT2D eigenvalue weighted by Crippen LogP contribution is -2.28. The summed E-state index contributed by atoms with van der Waals surface area (Å²) in [5.74, 6) is 8.19. The number of benzene rings is 1. The van der Waals surface area contributed by atoms with Gasteiger partial charge in [-0.2, -0.15) is 0 Å². The second-order valence-electron chi connectivity index (χ2n) is 3.51. The molecule has 0 aromatic heterocycles. The van der Waals surface area contributed by atoms with E-state index in [1.807, 2.05) is 6.07 Å². The molecule has 0 heterocycles. The molecule has 1 atom stereocenters. The van der Waals surface area contributed by atoms with Gasteiger partial charge in [-0.05, 0) is 24.0 Å². The summed E-state index contributed by atoms with van der Waals surface area (Å²) in [6, 6.07) is 8.50. The molecule has 0 aliphatic heterocycles. The summed E-state index contributed by atoms with van der Waals surface area (Å²) < 4.78 is 0. The van der Waals surface area contributed by atoms with Gasteiger partial charge in [0.2, 0.25) is 0 Å². The maximum absolute atomic E-state index is 5.55. The molecule has 3 N–H and O–H groups in total. The molecule has 80 valence electrons. The molecule has 0 radical (unpaired) electrons. The Kier molecular flexibility index (Phi) is 4.89. The molecular weight excluding hydrogens is 184 g/mol. The molecule has 0 aliphatic carbocycles. The van der Waals surface area contributed by atoms with Crippen LogP contribution >= 0.6 is 0 Å². The van der Waals surface area contributed by atoms with E-state index in [0.717, 1.165) is 19.3 Å². The third kappa shape index (κ3) is 3.09. The number of hydrazine groups is 1. The molecule has 0 saturated heterocycles. The van der Waals surface area contributed by atoms with Crippen molar-refractivity contribution in [3.63, 3.8) is 0 Å². The lowest BCUT2D eigenvalue weighted by Gasteiger charge is -2.18. The van der Waals surface area contributed by atoms with Crippen LogP contribution in [-0.2, 0) is 6.42 Å². The second-order valence-corrected chi connectivity index (χ2v) is 3.51. The van der Waals surface area contributed by atoms with Crippen LogP contribution in [0.1, 0.15) is 36.9 Å². The Labute approximate surface area is 91.8 Å². The molecule has 1 rings (SSSR count). The molecule has 0 bridgehead atoms. The zero-order valence-electron chi connectivity index (χ0n) is 9.16. The van der Waals surface area contributed by atoms with Crippen molar-refractivity contribution in [3.8, 4) is 12.3 Å². The summed E-state index contributed by atoms with van der Waals surface area (Å²) in [5, 5.41) is 0. The standard InChI is InChI=1S/C13H18N2/c1-3-5-10-13(15-14)12-9-7-6-8-11(12)4-2/h1,6-9,13,15H,4-5,10,14H2,2H3. The third-order valence-corrected chi connectivity index (χ3v) is 2.59. The quantitative estimate of drug-likeness (QED) is 0.436. The van der Waals surface area contributed by atoms with Crippen LogP contribution in [-0.4, -0.2) is 0 Å². The van der Waals surface area contributed by atoms with E-state index in [4.69, 9.17) is 12.3 Å². The number of terminal acetylenes is 1. The molecule has 15 heavy (non-hydrogen) atoms. The first kappa shape index (κ1) is 11.8. The molecule has 1 aromatic carbocycles. The van der Waals surface area contributed by atoms with E-state index in [9.17, 15) is 0 Å². The Morgan fingerprint density at radius 1 is 1.47 bits per heavy atom.